The molecular weight excluding hydrogens is 220 g/mol. The van der Waals surface area contributed by atoms with Crippen LogP contribution in [0.4, 0.5) is 0 Å². The molecular formula is C12H22N2OS. The van der Waals surface area contributed by atoms with Gasteiger partial charge in [0.1, 0.15) is 5.82 Å². The first kappa shape index (κ1) is 13.6. The number of aliphatic hydroxyl groups excluding tert-OH is 1. The molecule has 0 aromatic carbocycles. The molecule has 92 valence electrons. The van der Waals surface area contributed by atoms with Gasteiger partial charge in [-0.25, -0.2) is 4.98 Å². The summed E-state index contributed by atoms with van der Waals surface area (Å²) in [6.07, 6.45) is 5.19. The van der Waals surface area contributed by atoms with Crippen LogP contribution in [0, 0.1) is 5.92 Å². The molecule has 1 N–H and O–H groups in total. The summed E-state index contributed by atoms with van der Waals surface area (Å²) in [5.74, 6) is 3.71. The lowest BCUT2D eigenvalue weighted by molar-refractivity contribution is 0.188. The molecule has 4 heteroatoms. The first-order valence-corrected chi connectivity index (χ1v) is 6.97. The second kappa shape index (κ2) is 6.97. The number of rotatable bonds is 7. The molecule has 0 radical (unpaired) electrons. The van der Waals surface area contributed by atoms with Gasteiger partial charge in [0, 0.05) is 31.6 Å². The lowest BCUT2D eigenvalue weighted by Crippen LogP contribution is -2.13. The molecule has 1 atom stereocenters. The first-order chi connectivity index (χ1) is 7.59. The van der Waals surface area contributed by atoms with E-state index in [1.54, 1.807) is 6.20 Å². The van der Waals surface area contributed by atoms with Gasteiger partial charge in [0.15, 0.2) is 0 Å². The van der Waals surface area contributed by atoms with Gasteiger partial charge >= 0.3 is 0 Å². The number of thioether (sulfide) groups is 1. The van der Waals surface area contributed by atoms with Crippen molar-refractivity contribution in [2.75, 3.05) is 11.5 Å². The van der Waals surface area contributed by atoms with Gasteiger partial charge in [-0.1, -0.05) is 13.8 Å². The summed E-state index contributed by atoms with van der Waals surface area (Å²) in [5.41, 5.74) is 0. The van der Waals surface area contributed by atoms with Crippen LogP contribution in [-0.4, -0.2) is 32.3 Å². The minimum Gasteiger partial charge on any atom is -0.392 e. The van der Waals surface area contributed by atoms with Gasteiger partial charge in [-0.05, 0) is 18.1 Å². The highest BCUT2D eigenvalue weighted by atomic mass is 32.2. The molecule has 0 bridgehead atoms. The van der Waals surface area contributed by atoms with E-state index < -0.39 is 0 Å². The quantitative estimate of drug-likeness (QED) is 0.796. The van der Waals surface area contributed by atoms with Gasteiger partial charge in [0.2, 0.25) is 0 Å². The van der Waals surface area contributed by atoms with E-state index in [2.05, 4.69) is 18.8 Å². The van der Waals surface area contributed by atoms with E-state index >= 15 is 0 Å². The van der Waals surface area contributed by atoms with Crippen LogP contribution in [0.3, 0.4) is 0 Å². The number of aliphatic hydroxyl groups is 1. The highest BCUT2D eigenvalue weighted by Crippen LogP contribution is 2.12. The predicted molar refractivity (Wildman–Crippen MR) is 69.7 cm³/mol. The van der Waals surface area contributed by atoms with Crippen LogP contribution in [0.15, 0.2) is 12.4 Å². The zero-order valence-corrected chi connectivity index (χ0v) is 11.2. The van der Waals surface area contributed by atoms with Crippen molar-refractivity contribution < 1.29 is 5.11 Å². The average Bonchev–Trinajstić information content (AvgIpc) is 2.60. The monoisotopic (exact) mass is 242 g/mol. The largest absolute Gasteiger partial charge is 0.392 e. The summed E-state index contributed by atoms with van der Waals surface area (Å²) in [4.78, 5) is 4.24. The Kier molecular flexibility index (Phi) is 5.91. The van der Waals surface area contributed by atoms with E-state index in [0.29, 0.717) is 5.92 Å². The maximum atomic E-state index is 9.79. The minimum atomic E-state index is -0.208. The van der Waals surface area contributed by atoms with E-state index in [-0.39, 0.29) is 6.10 Å². The van der Waals surface area contributed by atoms with Crippen molar-refractivity contribution in [3.63, 3.8) is 0 Å². The maximum absolute atomic E-state index is 9.79. The van der Waals surface area contributed by atoms with Gasteiger partial charge in [-0.3, -0.25) is 0 Å². The van der Waals surface area contributed by atoms with E-state index in [4.69, 9.17) is 0 Å². The fourth-order valence-electron chi connectivity index (χ4n) is 1.46. The highest BCUT2D eigenvalue weighted by Gasteiger charge is 2.07. The molecule has 0 aliphatic rings. The molecule has 16 heavy (non-hydrogen) atoms. The van der Waals surface area contributed by atoms with Crippen LogP contribution in [-0.2, 0) is 13.5 Å². The van der Waals surface area contributed by atoms with E-state index in [9.17, 15) is 5.11 Å². The van der Waals surface area contributed by atoms with Crippen molar-refractivity contribution in [1.29, 1.82) is 0 Å². The second-order valence-electron chi connectivity index (χ2n) is 4.58. The third-order valence-electron chi connectivity index (χ3n) is 2.38. The van der Waals surface area contributed by atoms with Gasteiger partial charge in [-0.15, -0.1) is 0 Å². The minimum absolute atomic E-state index is 0.208. The number of aryl methyl sites for hydroxylation is 2. The Labute approximate surface area is 102 Å². The Hall–Kier alpha value is -0.480. The third-order valence-corrected chi connectivity index (χ3v) is 3.91. The number of nitrogens with zero attached hydrogens (tertiary/aromatic N) is 2. The zero-order chi connectivity index (χ0) is 12.0. The SMILES string of the molecule is CC(C)CSCC(O)CCc1nccn1C. The smallest absolute Gasteiger partial charge is 0.108 e. The molecule has 1 aromatic heterocycles. The van der Waals surface area contributed by atoms with Gasteiger partial charge in [-0.2, -0.15) is 11.8 Å². The van der Waals surface area contributed by atoms with Crippen molar-refractivity contribution in [1.82, 2.24) is 9.55 Å². The number of imidazole rings is 1. The fraction of sp³-hybridized carbons (Fsp3) is 0.750. The fourth-order valence-corrected chi connectivity index (χ4v) is 2.50. The van der Waals surface area contributed by atoms with Crippen LogP contribution in [0.1, 0.15) is 26.1 Å². The van der Waals surface area contributed by atoms with Crippen molar-refractivity contribution in [3.05, 3.63) is 18.2 Å². The molecule has 0 aliphatic heterocycles. The molecule has 0 aliphatic carbocycles. The van der Waals surface area contributed by atoms with Crippen molar-refractivity contribution >= 4 is 11.8 Å². The number of hydrogen-bond donors (Lipinski definition) is 1. The van der Waals surface area contributed by atoms with E-state index in [1.165, 1.54) is 0 Å². The lowest BCUT2D eigenvalue weighted by atomic mass is 10.2. The zero-order valence-electron chi connectivity index (χ0n) is 10.4. The summed E-state index contributed by atoms with van der Waals surface area (Å²) in [6.45, 7) is 4.40. The topological polar surface area (TPSA) is 38.1 Å². The average molecular weight is 242 g/mol. The van der Waals surface area contributed by atoms with Crippen molar-refractivity contribution in [2.45, 2.75) is 32.8 Å². The molecule has 0 saturated carbocycles. The molecule has 0 amide bonds. The molecule has 3 nitrogen and oxygen atoms in total. The van der Waals surface area contributed by atoms with Crippen LogP contribution in [0.5, 0.6) is 0 Å². The molecule has 1 heterocycles. The van der Waals surface area contributed by atoms with Gasteiger partial charge in [0.05, 0.1) is 6.10 Å². The molecule has 0 spiro atoms. The Bertz CT molecular complexity index is 299. The molecule has 0 saturated heterocycles. The first-order valence-electron chi connectivity index (χ1n) is 5.81. The molecule has 1 aromatic rings. The summed E-state index contributed by atoms with van der Waals surface area (Å²) in [5, 5.41) is 9.79. The van der Waals surface area contributed by atoms with Crippen molar-refractivity contribution in [3.8, 4) is 0 Å². The maximum Gasteiger partial charge on any atom is 0.108 e. The Balaban J connectivity index is 2.15. The Morgan fingerprint density at radius 2 is 2.19 bits per heavy atom. The third kappa shape index (κ3) is 5.03. The summed E-state index contributed by atoms with van der Waals surface area (Å²) in [6, 6.07) is 0. The van der Waals surface area contributed by atoms with Crippen LogP contribution in [0.2, 0.25) is 0 Å². The normalized spacial score (nSPS) is 13.3. The number of hydrogen-bond acceptors (Lipinski definition) is 3. The molecule has 1 unspecified atom stereocenters. The van der Waals surface area contributed by atoms with Crippen molar-refractivity contribution in [2.24, 2.45) is 13.0 Å². The predicted octanol–water partition coefficient (Wildman–Crippen LogP) is 2.10. The standard InChI is InChI=1S/C12H22N2OS/c1-10(2)8-16-9-11(15)4-5-12-13-6-7-14(12)3/h6-7,10-11,15H,4-5,8-9H2,1-3H3. The van der Waals surface area contributed by atoms with Gasteiger partial charge in [0.25, 0.3) is 0 Å². The Morgan fingerprint density at radius 3 is 2.75 bits per heavy atom. The highest BCUT2D eigenvalue weighted by molar-refractivity contribution is 7.99. The van der Waals surface area contributed by atoms with Crippen LogP contribution in [0.25, 0.3) is 0 Å². The number of aromatic nitrogens is 2. The Morgan fingerprint density at radius 1 is 1.44 bits per heavy atom. The molecule has 0 fully saturated rings. The van der Waals surface area contributed by atoms with E-state index in [0.717, 1.165) is 30.2 Å². The van der Waals surface area contributed by atoms with Crippen LogP contribution >= 0.6 is 11.8 Å². The van der Waals surface area contributed by atoms with E-state index in [1.807, 2.05) is 29.6 Å². The lowest BCUT2D eigenvalue weighted by Gasteiger charge is -2.11. The van der Waals surface area contributed by atoms with Crippen LogP contribution < -0.4 is 0 Å². The summed E-state index contributed by atoms with van der Waals surface area (Å²) < 4.78 is 2.01. The second-order valence-corrected chi connectivity index (χ2v) is 5.65. The van der Waals surface area contributed by atoms with Gasteiger partial charge < -0.3 is 9.67 Å². The molecule has 1 rings (SSSR count). The summed E-state index contributed by atoms with van der Waals surface area (Å²) in [7, 11) is 1.99. The summed E-state index contributed by atoms with van der Waals surface area (Å²) >= 11 is 1.83.